The second-order valence-electron chi connectivity index (χ2n) is 8.02. The van der Waals surface area contributed by atoms with E-state index >= 15 is 0 Å². The highest BCUT2D eigenvalue weighted by Gasteiger charge is 2.34. The number of nitrogens with zero attached hydrogens (tertiary/aromatic N) is 3. The first-order valence-electron chi connectivity index (χ1n) is 10.2. The van der Waals surface area contributed by atoms with Gasteiger partial charge >= 0.3 is 11.8 Å². The minimum Gasteiger partial charge on any atom is -0.383 e. The normalized spacial score (nSPS) is 18.6. The number of nitrogen functional groups attached to an aromatic ring is 1. The van der Waals surface area contributed by atoms with Gasteiger partial charge in [0.25, 0.3) is 0 Å². The van der Waals surface area contributed by atoms with Crippen LogP contribution in [-0.4, -0.2) is 33.2 Å². The molecule has 31 heavy (non-hydrogen) atoms. The quantitative estimate of drug-likeness (QED) is 0.605. The molecular weight excluding hydrogens is 410 g/mol. The van der Waals surface area contributed by atoms with Crippen molar-refractivity contribution in [3.8, 4) is 10.4 Å². The first-order chi connectivity index (χ1) is 14.9. The number of hydrogen-bond acceptors (Lipinski definition) is 6. The number of anilines is 2. The van der Waals surface area contributed by atoms with E-state index in [1.165, 1.54) is 6.20 Å². The summed E-state index contributed by atoms with van der Waals surface area (Å²) in [6, 6.07) is 9.76. The highest BCUT2D eigenvalue weighted by molar-refractivity contribution is 7.13. The summed E-state index contributed by atoms with van der Waals surface area (Å²) < 4.78 is 0. The van der Waals surface area contributed by atoms with Gasteiger partial charge in [0.2, 0.25) is 0 Å². The number of rotatable bonds is 3. The molecule has 3 N–H and O–H groups in total. The molecule has 1 fully saturated rings. The van der Waals surface area contributed by atoms with E-state index in [1.54, 1.807) is 29.2 Å². The van der Waals surface area contributed by atoms with Crippen LogP contribution in [0.15, 0.2) is 48.2 Å². The molecule has 3 heterocycles. The molecule has 2 atom stereocenters. The Kier molecular flexibility index (Phi) is 5.99. The molecule has 0 spiro atoms. The largest absolute Gasteiger partial charge is 0.383 e. The van der Waals surface area contributed by atoms with Gasteiger partial charge in [-0.25, -0.2) is 4.98 Å². The lowest BCUT2D eigenvalue weighted by molar-refractivity contribution is -0.146. The molecule has 4 rings (SSSR count). The zero-order chi connectivity index (χ0) is 22.0. The highest BCUT2D eigenvalue weighted by Crippen LogP contribution is 2.35. The van der Waals surface area contributed by atoms with Crippen molar-refractivity contribution in [3.05, 3.63) is 59.4 Å². The summed E-state index contributed by atoms with van der Waals surface area (Å²) in [5.41, 5.74) is 10.9. The summed E-state index contributed by atoms with van der Waals surface area (Å²) in [7, 11) is 0. The van der Waals surface area contributed by atoms with Gasteiger partial charge in [-0.2, -0.15) is 0 Å². The standard InChI is InChI=1S/C23H25N5O2S/c1-14-3-8-19(16-4-6-17(7-5-16)20-11-25-13-31-20)28(12-14)23(30)22(29)27-18-9-15(2)21(24)26-10-18/h4-7,9-11,13-14,19H,3,8,12H2,1-2H3,(H2,24,26)(H,27,29)/t14-,19+/m1/s1. The maximum absolute atomic E-state index is 13.1. The van der Waals surface area contributed by atoms with Crippen LogP contribution in [0.1, 0.15) is 36.9 Å². The van der Waals surface area contributed by atoms with Gasteiger partial charge in [-0.15, -0.1) is 11.3 Å². The second kappa shape index (κ2) is 8.85. The zero-order valence-corrected chi connectivity index (χ0v) is 18.4. The van der Waals surface area contributed by atoms with E-state index in [4.69, 9.17) is 5.73 Å². The molecule has 0 bridgehead atoms. The van der Waals surface area contributed by atoms with Gasteiger partial charge in [-0.05, 0) is 48.4 Å². The van der Waals surface area contributed by atoms with E-state index in [0.29, 0.717) is 24.0 Å². The number of aromatic nitrogens is 2. The summed E-state index contributed by atoms with van der Waals surface area (Å²) in [6.45, 7) is 4.46. The summed E-state index contributed by atoms with van der Waals surface area (Å²) in [4.78, 5) is 36.8. The molecule has 0 saturated carbocycles. The smallest absolute Gasteiger partial charge is 0.313 e. The third-order valence-corrected chi connectivity index (χ3v) is 6.48. The van der Waals surface area contributed by atoms with Gasteiger partial charge in [-0.1, -0.05) is 31.2 Å². The van der Waals surface area contributed by atoms with Crippen molar-refractivity contribution in [2.24, 2.45) is 5.92 Å². The Hall–Kier alpha value is -3.26. The fourth-order valence-corrected chi connectivity index (χ4v) is 4.55. The number of hydrogen-bond donors (Lipinski definition) is 2. The maximum atomic E-state index is 13.1. The Bertz CT molecular complexity index is 1080. The molecule has 1 aliphatic rings. The number of likely N-dealkylation sites (tertiary alicyclic amines) is 1. The predicted molar refractivity (Wildman–Crippen MR) is 122 cm³/mol. The minimum atomic E-state index is -0.661. The molecule has 0 aliphatic carbocycles. The number of carbonyl (C=O) groups excluding carboxylic acids is 2. The summed E-state index contributed by atoms with van der Waals surface area (Å²) in [6.07, 6.45) is 5.13. The lowest BCUT2D eigenvalue weighted by Gasteiger charge is -2.38. The Morgan fingerprint density at radius 1 is 1.19 bits per heavy atom. The van der Waals surface area contributed by atoms with Crippen LogP contribution < -0.4 is 11.1 Å². The lowest BCUT2D eigenvalue weighted by atomic mass is 9.89. The van der Waals surface area contributed by atoms with Crippen LogP contribution in [0.2, 0.25) is 0 Å². The molecule has 3 aromatic rings. The van der Waals surface area contributed by atoms with Crippen molar-refractivity contribution in [3.63, 3.8) is 0 Å². The van der Waals surface area contributed by atoms with Crippen molar-refractivity contribution in [2.75, 3.05) is 17.6 Å². The van der Waals surface area contributed by atoms with E-state index < -0.39 is 11.8 Å². The number of pyridine rings is 1. The Balaban J connectivity index is 1.53. The van der Waals surface area contributed by atoms with Gasteiger partial charge in [0.1, 0.15) is 5.82 Å². The van der Waals surface area contributed by atoms with Gasteiger partial charge in [0.15, 0.2) is 0 Å². The third kappa shape index (κ3) is 4.59. The van der Waals surface area contributed by atoms with Crippen LogP contribution in [0.5, 0.6) is 0 Å². The van der Waals surface area contributed by atoms with E-state index in [0.717, 1.165) is 34.4 Å². The number of nitrogens with one attached hydrogen (secondary N) is 1. The fraction of sp³-hybridized carbons (Fsp3) is 0.304. The lowest BCUT2D eigenvalue weighted by Crippen LogP contribution is -2.46. The number of amides is 2. The van der Waals surface area contributed by atoms with Crippen molar-refractivity contribution in [2.45, 2.75) is 32.7 Å². The number of nitrogens with two attached hydrogens (primary N) is 1. The Labute approximate surface area is 185 Å². The molecule has 1 saturated heterocycles. The van der Waals surface area contributed by atoms with Crippen LogP contribution in [-0.2, 0) is 9.59 Å². The van der Waals surface area contributed by atoms with E-state index in [9.17, 15) is 9.59 Å². The van der Waals surface area contributed by atoms with Crippen LogP contribution in [0.4, 0.5) is 11.5 Å². The number of carbonyl (C=O) groups is 2. The summed E-state index contributed by atoms with van der Waals surface area (Å²) in [5, 5.41) is 2.67. The maximum Gasteiger partial charge on any atom is 0.313 e. The van der Waals surface area contributed by atoms with Gasteiger partial charge < -0.3 is 16.0 Å². The van der Waals surface area contributed by atoms with E-state index in [1.807, 2.05) is 36.0 Å². The molecule has 160 valence electrons. The minimum absolute atomic E-state index is 0.128. The van der Waals surface area contributed by atoms with Crippen LogP contribution >= 0.6 is 11.3 Å². The first-order valence-corrected chi connectivity index (χ1v) is 11.1. The molecule has 2 amide bonds. The average molecular weight is 436 g/mol. The van der Waals surface area contributed by atoms with Gasteiger partial charge in [0.05, 0.1) is 28.3 Å². The summed E-state index contributed by atoms with van der Waals surface area (Å²) >= 11 is 1.59. The monoisotopic (exact) mass is 435 g/mol. The summed E-state index contributed by atoms with van der Waals surface area (Å²) in [5.74, 6) is -0.454. The average Bonchev–Trinajstić information content (AvgIpc) is 3.31. The molecule has 1 aromatic carbocycles. The Morgan fingerprint density at radius 2 is 1.97 bits per heavy atom. The van der Waals surface area contributed by atoms with Crippen molar-refractivity contribution in [1.82, 2.24) is 14.9 Å². The highest BCUT2D eigenvalue weighted by atomic mass is 32.1. The molecule has 8 heteroatoms. The number of aryl methyl sites for hydroxylation is 1. The van der Waals surface area contributed by atoms with Crippen LogP contribution in [0.25, 0.3) is 10.4 Å². The second-order valence-corrected chi connectivity index (χ2v) is 8.91. The molecule has 7 nitrogen and oxygen atoms in total. The zero-order valence-electron chi connectivity index (χ0n) is 17.5. The third-order valence-electron chi connectivity index (χ3n) is 5.66. The number of piperidine rings is 1. The Morgan fingerprint density at radius 3 is 2.65 bits per heavy atom. The SMILES string of the molecule is Cc1cc(NC(=O)C(=O)N2C[C@H](C)CC[C@H]2c2ccc(-c3cncs3)cc2)cnc1N. The molecule has 0 radical (unpaired) electrons. The van der Waals surface area contributed by atoms with E-state index in [-0.39, 0.29) is 6.04 Å². The molecule has 1 aliphatic heterocycles. The number of benzene rings is 1. The molecule has 2 aromatic heterocycles. The van der Waals surface area contributed by atoms with Gasteiger partial charge in [-0.3, -0.25) is 14.6 Å². The predicted octanol–water partition coefficient (Wildman–Crippen LogP) is 4.03. The van der Waals surface area contributed by atoms with Crippen molar-refractivity contribution in [1.29, 1.82) is 0 Å². The fourth-order valence-electron chi connectivity index (χ4n) is 3.92. The van der Waals surface area contributed by atoms with Crippen LogP contribution in [0.3, 0.4) is 0 Å². The van der Waals surface area contributed by atoms with Gasteiger partial charge in [0, 0.05) is 12.7 Å². The first kappa shape index (κ1) is 21.0. The van der Waals surface area contributed by atoms with E-state index in [2.05, 4.69) is 22.2 Å². The van der Waals surface area contributed by atoms with Crippen molar-refractivity contribution >= 4 is 34.7 Å². The van der Waals surface area contributed by atoms with Crippen molar-refractivity contribution < 1.29 is 9.59 Å². The topological polar surface area (TPSA) is 101 Å². The molecule has 0 unspecified atom stereocenters. The molecular formula is C23H25N5O2S. The van der Waals surface area contributed by atoms with Crippen LogP contribution in [0, 0.1) is 12.8 Å². The number of thiazole rings is 1.